The van der Waals surface area contributed by atoms with Crippen molar-refractivity contribution in [2.24, 2.45) is 0 Å². The molecular formula is C19H28N2O4S. The molecule has 0 saturated carbocycles. The Balaban J connectivity index is 0.000000597. The topological polar surface area (TPSA) is 80.7 Å². The summed E-state index contributed by atoms with van der Waals surface area (Å²) in [6, 6.07) is 8.11. The van der Waals surface area contributed by atoms with E-state index in [0.717, 1.165) is 16.8 Å². The Hall–Kier alpha value is -1.96. The van der Waals surface area contributed by atoms with Gasteiger partial charge in [0.25, 0.3) is 0 Å². The molecule has 1 aromatic carbocycles. The van der Waals surface area contributed by atoms with E-state index in [4.69, 9.17) is 9.84 Å². The van der Waals surface area contributed by atoms with E-state index >= 15 is 0 Å². The number of aryl methyl sites for hydroxylation is 1. The van der Waals surface area contributed by atoms with Gasteiger partial charge in [-0.15, -0.1) is 11.3 Å². The molecule has 1 amide bonds. The molecule has 0 unspecified atom stereocenters. The molecule has 0 saturated heterocycles. The molecule has 1 heterocycles. The van der Waals surface area contributed by atoms with Crippen LogP contribution in [0.5, 0.6) is 0 Å². The first-order valence-electron chi connectivity index (χ1n) is 8.33. The highest BCUT2D eigenvalue weighted by Crippen LogP contribution is 2.27. The molecule has 7 heteroatoms. The summed E-state index contributed by atoms with van der Waals surface area (Å²) >= 11 is 1.63. The summed E-state index contributed by atoms with van der Waals surface area (Å²) < 4.78 is 9.64. The van der Waals surface area contributed by atoms with Gasteiger partial charge >= 0.3 is 6.09 Å². The van der Waals surface area contributed by atoms with E-state index < -0.39 is 11.7 Å². The molecule has 6 nitrogen and oxygen atoms in total. The molecule has 0 aliphatic heterocycles. The number of ether oxygens (including phenoxy) is 2. The Morgan fingerprint density at radius 2 is 1.92 bits per heavy atom. The number of nitrogens with zero attached hydrogens (tertiary/aromatic N) is 1. The van der Waals surface area contributed by atoms with Crippen molar-refractivity contribution >= 4 is 17.4 Å². The standard InChI is InChI=1S/C16H20N2O2S.C3H8O2/c1-11-14(21-10-18-11)13-7-5-12(6-8-13)9-17-15(19)20-16(2,3)4;1-5-3-2-4/h5-8,10H,9H2,1-4H3,(H,17,19);4H,2-3H2,1H3. The fourth-order valence-corrected chi connectivity index (χ4v) is 2.74. The van der Waals surface area contributed by atoms with Crippen LogP contribution >= 0.6 is 11.3 Å². The minimum absolute atomic E-state index is 0.122. The summed E-state index contributed by atoms with van der Waals surface area (Å²) in [6.07, 6.45) is -0.398. The molecule has 2 N–H and O–H groups in total. The van der Waals surface area contributed by atoms with Crippen LogP contribution in [0.4, 0.5) is 4.79 Å². The van der Waals surface area contributed by atoms with Crippen molar-refractivity contribution in [1.29, 1.82) is 0 Å². The van der Waals surface area contributed by atoms with Crippen LogP contribution in [0, 0.1) is 6.92 Å². The second-order valence-electron chi connectivity index (χ2n) is 6.54. The fraction of sp³-hybridized carbons (Fsp3) is 0.474. The maximum absolute atomic E-state index is 11.6. The number of aromatic nitrogens is 1. The highest BCUT2D eigenvalue weighted by atomic mass is 32.1. The maximum Gasteiger partial charge on any atom is 0.407 e. The maximum atomic E-state index is 11.6. The average Bonchev–Trinajstić information content (AvgIpc) is 2.99. The van der Waals surface area contributed by atoms with E-state index in [-0.39, 0.29) is 6.61 Å². The molecule has 2 aromatic rings. The Kier molecular flexibility index (Phi) is 9.26. The lowest BCUT2D eigenvalue weighted by molar-refractivity contribution is 0.0523. The smallest absolute Gasteiger partial charge is 0.407 e. The number of alkyl carbamates (subject to hydrolysis) is 1. The number of nitrogens with one attached hydrogen (secondary N) is 1. The largest absolute Gasteiger partial charge is 0.444 e. The van der Waals surface area contributed by atoms with Gasteiger partial charge in [0, 0.05) is 13.7 Å². The molecule has 0 aliphatic carbocycles. The number of carbonyl (C=O) groups is 1. The summed E-state index contributed by atoms with van der Waals surface area (Å²) in [5.74, 6) is 0. The van der Waals surface area contributed by atoms with Crippen molar-refractivity contribution in [1.82, 2.24) is 10.3 Å². The minimum atomic E-state index is -0.475. The first kappa shape index (κ1) is 22.1. The van der Waals surface area contributed by atoms with Crippen LogP contribution in [0.3, 0.4) is 0 Å². The van der Waals surface area contributed by atoms with Crippen molar-refractivity contribution < 1.29 is 19.4 Å². The number of hydrogen-bond donors (Lipinski definition) is 2. The number of methoxy groups -OCH3 is 1. The molecule has 0 aliphatic rings. The molecular weight excluding hydrogens is 352 g/mol. The van der Waals surface area contributed by atoms with Crippen molar-refractivity contribution in [2.75, 3.05) is 20.3 Å². The summed E-state index contributed by atoms with van der Waals surface area (Å²) in [4.78, 5) is 17.0. The molecule has 0 bridgehead atoms. The van der Waals surface area contributed by atoms with E-state index in [9.17, 15) is 4.79 Å². The quantitative estimate of drug-likeness (QED) is 0.825. The van der Waals surface area contributed by atoms with Crippen molar-refractivity contribution in [2.45, 2.75) is 39.8 Å². The molecule has 0 fully saturated rings. The van der Waals surface area contributed by atoms with Crippen molar-refractivity contribution in [3.05, 3.63) is 41.0 Å². The Morgan fingerprint density at radius 3 is 2.35 bits per heavy atom. The van der Waals surface area contributed by atoms with Gasteiger partial charge in [-0.1, -0.05) is 24.3 Å². The van der Waals surface area contributed by atoms with Crippen LogP contribution < -0.4 is 5.32 Å². The van der Waals surface area contributed by atoms with E-state index in [1.807, 2.05) is 57.5 Å². The number of aliphatic hydroxyl groups excluding tert-OH is 1. The number of aliphatic hydroxyl groups is 1. The zero-order valence-corrected chi connectivity index (χ0v) is 16.9. The van der Waals surface area contributed by atoms with E-state index in [1.165, 1.54) is 4.88 Å². The number of benzene rings is 1. The minimum Gasteiger partial charge on any atom is -0.444 e. The lowest BCUT2D eigenvalue weighted by atomic mass is 10.1. The van der Waals surface area contributed by atoms with Gasteiger partial charge in [-0.05, 0) is 38.8 Å². The van der Waals surface area contributed by atoms with Gasteiger partial charge in [-0.3, -0.25) is 0 Å². The van der Waals surface area contributed by atoms with Crippen molar-refractivity contribution in [3.63, 3.8) is 0 Å². The Morgan fingerprint density at radius 1 is 1.27 bits per heavy atom. The van der Waals surface area contributed by atoms with E-state index in [1.54, 1.807) is 18.4 Å². The first-order valence-corrected chi connectivity index (χ1v) is 9.21. The third-order valence-corrected chi connectivity index (χ3v) is 4.07. The molecule has 1 aromatic heterocycles. The van der Waals surface area contributed by atoms with Gasteiger partial charge in [0.1, 0.15) is 5.60 Å². The van der Waals surface area contributed by atoms with Crippen LogP contribution in [0.2, 0.25) is 0 Å². The highest BCUT2D eigenvalue weighted by molar-refractivity contribution is 7.13. The van der Waals surface area contributed by atoms with Gasteiger partial charge in [0.15, 0.2) is 0 Å². The Bertz CT molecular complexity index is 661. The van der Waals surface area contributed by atoms with Crippen LogP contribution in [-0.2, 0) is 16.0 Å². The molecule has 0 spiro atoms. The molecule has 0 radical (unpaired) electrons. The highest BCUT2D eigenvalue weighted by Gasteiger charge is 2.15. The van der Waals surface area contributed by atoms with E-state index in [0.29, 0.717) is 13.2 Å². The number of thiazole rings is 1. The SMILES string of the molecule is COCCO.Cc1ncsc1-c1ccc(CNC(=O)OC(C)(C)C)cc1. The predicted molar refractivity (Wildman–Crippen MR) is 104 cm³/mol. The second kappa shape index (κ2) is 10.9. The van der Waals surface area contributed by atoms with Crippen LogP contribution in [0.15, 0.2) is 29.8 Å². The zero-order valence-electron chi connectivity index (χ0n) is 16.0. The van der Waals surface area contributed by atoms with Gasteiger partial charge in [0.05, 0.1) is 29.3 Å². The molecule has 2 rings (SSSR count). The lowest BCUT2D eigenvalue weighted by Gasteiger charge is -2.19. The summed E-state index contributed by atoms with van der Waals surface area (Å²) in [5.41, 5.74) is 4.60. The monoisotopic (exact) mass is 380 g/mol. The molecule has 26 heavy (non-hydrogen) atoms. The van der Waals surface area contributed by atoms with Crippen molar-refractivity contribution in [3.8, 4) is 10.4 Å². The van der Waals surface area contributed by atoms with Crippen LogP contribution in [0.25, 0.3) is 10.4 Å². The van der Waals surface area contributed by atoms with Gasteiger partial charge < -0.3 is 19.9 Å². The van der Waals surface area contributed by atoms with E-state index in [2.05, 4.69) is 15.0 Å². The van der Waals surface area contributed by atoms with Crippen LogP contribution in [-0.4, -0.2) is 42.1 Å². The summed E-state index contributed by atoms with van der Waals surface area (Å²) in [6.45, 7) is 8.56. The second-order valence-corrected chi connectivity index (χ2v) is 7.39. The number of hydrogen-bond acceptors (Lipinski definition) is 6. The van der Waals surface area contributed by atoms with Gasteiger partial charge in [-0.2, -0.15) is 0 Å². The summed E-state index contributed by atoms with van der Waals surface area (Å²) in [5, 5.41) is 10.7. The van der Waals surface area contributed by atoms with Gasteiger partial charge in [0.2, 0.25) is 0 Å². The molecule has 0 atom stereocenters. The first-order chi connectivity index (χ1) is 12.3. The number of carbonyl (C=O) groups excluding carboxylic acids is 1. The third kappa shape index (κ3) is 8.42. The average molecular weight is 381 g/mol. The predicted octanol–water partition coefficient (Wildman–Crippen LogP) is 3.77. The third-order valence-electron chi connectivity index (χ3n) is 3.09. The fourth-order valence-electron chi connectivity index (χ4n) is 1.93. The summed E-state index contributed by atoms with van der Waals surface area (Å²) in [7, 11) is 1.55. The van der Waals surface area contributed by atoms with Crippen LogP contribution in [0.1, 0.15) is 32.0 Å². The number of amides is 1. The Labute approximate surface area is 159 Å². The normalized spacial score (nSPS) is 10.7. The lowest BCUT2D eigenvalue weighted by Crippen LogP contribution is -2.32. The number of rotatable bonds is 5. The van der Waals surface area contributed by atoms with Gasteiger partial charge in [-0.25, -0.2) is 9.78 Å². The zero-order chi connectivity index (χ0) is 19.6. The molecule has 144 valence electrons.